The predicted octanol–water partition coefficient (Wildman–Crippen LogP) is -2.80. The van der Waals surface area contributed by atoms with Crippen molar-refractivity contribution in [2.24, 2.45) is 0 Å². The molecule has 4 nitrogen and oxygen atoms in total. The normalized spacial score (nSPS) is 9.61. The van der Waals surface area contributed by atoms with Crippen LogP contribution in [0.5, 0.6) is 0 Å². The van der Waals surface area contributed by atoms with Crippen molar-refractivity contribution in [1.82, 2.24) is 0 Å². The average molecular weight is 397 g/mol. The molecule has 0 N–H and O–H groups in total. The zero-order chi connectivity index (χ0) is 12.0. The van der Waals surface area contributed by atoms with Crippen LogP contribution in [-0.2, 0) is 9.59 Å². The van der Waals surface area contributed by atoms with Gasteiger partial charge in [-0.3, -0.25) is 0 Å². The minimum atomic E-state index is -0.349. The molecular weight excluding hydrogens is 375 g/mol. The van der Waals surface area contributed by atoms with Crippen molar-refractivity contribution in [3.05, 3.63) is 21.8 Å². The molecule has 0 aromatic heterocycles. The Bertz CT molecular complexity index is 288. The third kappa shape index (κ3) is 14.7. The summed E-state index contributed by atoms with van der Waals surface area (Å²) < 4.78 is 0. The number of allylic oxidation sites excluding steroid dienone is 1. The molecule has 0 aliphatic heterocycles. The molecule has 0 radical (unpaired) electrons. The van der Waals surface area contributed by atoms with Crippen LogP contribution in [0.15, 0.2) is 11.1 Å². The van der Waals surface area contributed by atoms with Crippen molar-refractivity contribution in [2.75, 3.05) is 6.54 Å². The van der Waals surface area contributed by atoms with Gasteiger partial charge in [0.1, 0.15) is 0 Å². The number of amides is 2. The summed E-state index contributed by atoms with van der Waals surface area (Å²) >= 11 is 0. The van der Waals surface area contributed by atoms with Crippen molar-refractivity contribution < 1.29 is 126 Å². The number of hydrogen-bond acceptors (Lipinski definition) is 2. The Morgan fingerprint density at radius 1 is 1.06 bits per heavy atom. The van der Waals surface area contributed by atoms with Crippen molar-refractivity contribution in [3.8, 4) is 0 Å². The van der Waals surface area contributed by atoms with Crippen LogP contribution in [0.2, 0.25) is 0 Å². The smallest absolute Gasteiger partial charge is 0.649 e. The zero-order valence-electron chi connectivity index (χ0n) is 12.0. The van der Waals surface area contributed by atoms with Gasteiger partial charge in [0.25, 0.3) is 0 Å². The molecule has 94 valence electrons. The van der Waals surface area contributed by atoms with Gasteiger partial charge in [-0.05, 0) is 27.7 Å². The molecule has 1 unspecified atom stereocenters. The van der Waals surface area contributed by atoms with Gasteiger partial charge in [-0.1, -0.05) is 38.1 Å². The van der Waals surface area contributed by atoms with Gasteiger partial charge in [-0.25, -0.2) is 0 Å². The van der Waals surface area contributed by atoms with Crippen LogP contribution >= 0.6 is 0 Å². The Balaban J connectivity index is -0.000000327. The topological polar surface area (TPSA) is 62.3 Å². The van der Waals surface area contributed by atoms with Crippen molar-refractivity contribution in [1.29, 1.82) is 0 Å². The fourth-order valence-corrected chi connectivity index (χ4v) is 0.950. The largest absolute Gasteiger partial charge is 1.00 e. The molecular formula is C12H22N2O2Rb2. The van der Waals surface area contributed by atoms with Gasteiger partial charge in [0.15, 0.2) is 0 Å². The maximum atomic E-state index is 11.2. The number of carbonyl (C=O) groups is 2. The van der Waals surface area contributed by atoms with E-state index in [1.165, 1.54) is 6.92 Å². The second-order valence-electron chi connectivity index (χ2n) is 3.72. The van der Waals surface area contributed by atoms with Gasteiger partial charge >= 0.3 is 116 Å². The molecule has 0 aromatic rings. The molecule has 0 aromatic carbocycles. The minimum absolute atomic E-state index is 0. The Morgan fingerprint density at radius 3 is 1.83 bits per heavy atom. The van der Waals surface area contributed by atoms with E-state index < -0.39 is 0 Å². The van der Waals surface area contributed by atoms with E-state index in [2.05, 4.69) is 10.6 Å². The third-order valence-corrected chi connectivity index (χ3v) is 2.19. The third-order valence-electron chi connectivity index (χ3n) is 2.19. The maximum Gasteiger partial charge on any atom is 1.00 e. The number of nitrogens with zero attached hydrogens (tertiary/aromatic N) is 2. The Kier molecular flexibility index (Phi) is 24.8. The molecule has 0 rings (SSSR count). The average Bonchev–Trinajstić information content (AvgIpc) is 2.13. The summed E-state index contributed by atoms with van der Waals surface area (Å²) in [5, 5.41) is 7.41. The summed E-state index contributed by atoms with van der Waals surface area (Å²) in [7, 11) is 0. The molecule has 0 aliphatic carbocycles. The molecule has 0 bridgehead atoms. The summed E-state index contributed by atoms with van der Waals surface area (Å²) in [6.07, 6.45) is 0. The van der Waals surface area contributed by atoms with E-state index in [0.29, 0.717) is 0 Å². The number of carbonyl (C=O) groups excluding carboxylic acids is 2. The number of rotatable bonds is 4. The molecule has 0 saturated carbocycles. The van der Waals surface area contributed by atoms with Gasteiger partial charge in [0, 0.05) is 11.8 Å². The first-order valence-corrected chi connectivity index (χ1v) is 4.90. The van der Waals surface area contributed by atoms with E-state index in [-0.39, 0.29) is 148 Å². The fraction of sp³-hybridized carbons (Fsp3) is 0.667. The SMILES string of the molecule is C.CC(=O)[N-]CC(=O)[N-]C(C)C(C)=C(C)C.[Rb+].[Rb+]. The van der Waals surface area contributed by atoms with Gasteiger partial charge < -0.3 is 20.2 Å². The fourth-order valence-electron chi connectivity index (χ4n) is 0.950. The molecule has 1 atom stereocenters. The molecule has 18 heavy (non-hydrogen) atoms. The predicted molar refractivity (Wildman–Crippen MR) is 67.5 cm³/mol. The summed E-state index contributed by atoms with van der Waals surface area (Å²) in [5.74, 6) is -0.691. The van der Waals surface area contributed by atoms with Gasteiger partial charge in [0.2, 0.25) is 0 Å². The molecule has 0 fully saturated rings. The van der Waals surface area contributed by atoms with Gasteiger partial charge in [-0.2, -0.15) is 0 Å². The Morgan fingerprint density at radius 2 is 1.50 bits per heavy atom. The maximum absolute atomic E-state index is 11.2. The van der Waals surface area contributed by atoms with E-state index in [0.717, 1.165) is 11.1 Å². The minimum Gasteiger partial charge on any atom is -0.649 e. The molecule has 0 heterocycles. The summed E-state index contributed by atoms with van der Waals surface area (Å²) in [5.41, 5.74) is 2.23. The first-order valence-electron chi connectivity index (χ1n) is 4.90. The summed E-state index contributed by atoms with van der Waals surface area (Å²) in [6.45, 7) is 8.93. The van der Waals surface area contributed by atoms with Crippen LogP contribution in [0.3, 0.4) is 0 Å². The molecule has 6 heteroatoms. The molecule has 0 saturated heterocycles. The Hall–Kier alpha value is 2.29. The molecule has 0 spiro atoms. The number of hydrogen-bond donors (Lipinski definition) is 0. The van der Waals surface area contributed by atoms with Crippen molar-refractivity contribution in [2.45, 2.75) is 48.1 Å². The van der Waals surface area contributed by atoms with Crippen LogP contribution < -0.4 is 116 Å². The summed E-state index contributed by atoms with van der Waals surface area (Å²) in [4.78, 5) is 21.8. The van der Waals surface area contributed by atoms with E-state index in [1.807, 2.05) is 27.7 Å². The van der Waals surface area contributed by atoms with E-state index >= 15 is 0 Å². The first kappa shape index (κ1) is 28.5. The molecule has 0 aliphatic rings. The van der Waals surface area contributed by atoms with Crippen molar-refractivity contribution >= 4 is 11.8 Å². The Labute approximate surface area is 209 Å². The van der Waals surface area contributed by atoms with Crippen LogP contribution in [0.4, 0.5) is 0 Å². The standard InChI is InChI=1S/C11H20N2O2.CH4.2Rb/c1-7(2)8(3)9(4)13-11(15)6-12-10(5)14;;;/h9H,6H2,1-5H3,(H2,12,13,14,15);1H4;;/q;;2*+1/p-2. The first-order chi connectivity index (χ1) is 6.84. The van der Waals surface area contributed by atoms with Crippen LogP contribution in [-0.4, -0.2) is 24.4 Å². The second-order valence-corrected chi connectivity index (χ2v) is 3.72. The van der Waals surface area contributed by atoms with E-state index in [4.69, 9.17) is 0 Å². The van der Waals surface area contributed by atoms with Crippen LogP contribution in [0.25, 0.3) is 10.6 Å². The second kappa shape index (κ2) is 15.7. The monoisotopic (exact) mass is 396 g/mol. The van der Waals surface area contributed by atoms with Gasteiger partial charge in [0.05, 0.1) is 0 Å². The quantitative estimate of drug-likeness (QED) is 0.481. The van der Waals surface area contributed by atoms with Crippen LogP contribution in [0.1, 0.15) is 42.0 Å². The summed E-state index contributed by atoms with van der Waals surface area (Å²) in [6, 6.07) is -0.135. The molecule has 2 amide bonds. The van der Waals surface area contributed by atoms with E-state index in [9.17, 15) is 9.59 Å². The van der Waals surface area contributed by atoms with Crippen molar-refractivity contribution in [3.63, 3.8) is 0 Å². The zero-order valence-corrected chi connectivity index (χ0v) is 21.8. The van der Waals surface area contributed by atoms with Crippen LogP contribution in [0, 0.1) is 0 Å². The van der Waals surface area contributed by atoms with Gasteiger partial charge in [-0.15, -0.1) is 0 Å². The van der Waals surface area contributed by atoms with E-state index in [1.54, 1.807) is 0 Å².